The highest BCUT2D eigenvalue weighted by Gasteiger charge is 2.31. The first-order chi connectivity index (χ1) is 21.9. The summed E-state index contributed by atoms with van der Waals surface area (Å²) in [6.07, 6.45) is 10.4. The number of ether oxygens (including phenoxy) is 1. The number of benzene rings is 1. The van der Waals surface area contributed by atoms with Gasteiger partial charge in [0, 0.05) is 86.9 Å². The van der Waals surface area contributed by atoms with Crippen molar-refractivity contribution in [2.75, 3.05) is 29.9 Å². The van der Waals surface area contributed by atoms with Crippen molar-refractivity contribution in [1.82, 2.24) is 28.6 Å². The Balaban J connectivity index is 1.24. The number of imidazole rings is 1. The SMILES string of the molecule is CCN(C(=O)OC(C)(C)C)C1CCN(c2ccc(C(=O)Nc3cc(-n4ccc(=O)cc4)c4nc(C)cn4c3)c3nn(C)cc23)CC1. The normalized spacial score (nSPS) is 14.2. The number of aryl methyl sites for hydroxylation is 2. The number of nitrogens with zero attached hydrogens (tertiary/aromatic N) is 7. The van der Waals surface area contributed by atoms with Crippen molar-refractivity contribution >= 4 is 39.9 Å². The molecule has 0 radical (unpaired) electrons. The molecule has 5 heterocycles. The Hall–Kier alpha value is -5.13. The lowest BCUT2D eigenvalue weighted by molar-refractivity contribution is 0.0149. The van der Waals surface area contributed by atoms with Gasteiger partial charge in [-0.1, -0.05) is 0 Å². The van der Waals surface area contributed by atoms with Gasteiger partial charge in [0.15, 0.2) is 11.1 Å². The number of rotatable bonds is 6. The van der Waals surface area contributed by atoms with Crippen LogP contribution in [0.15, 0.2) is 66.1 Å². The van der Waals surface area contributed by atoms with Crippen LogP contribution in [0.5, 0.6) is 0 Å². The summed E-state index contributed by atoms with van der Waals surface area (Å²) in [5.74, 6) is -0.285. The molecular weight excluding hydrogens is 584 g/mol. The monoisotopic (exact) mass is 624 g/mol. The molecule has 0 unspecified atom stereocenters. The van der Waals surface area contributed by atoms with Crippen molar-refractivity contribution in [1.29, 1.82) is 0 Å². The predicted octanol–water partition coefficient (Wildman–Crippen LogP) is 5.16. The van der Waals surface area contributed by atoms with Crippen LogP contribution in [-0.2, 0) is 11.8 Å². The summed E-state index contributed by atoms with van der Waals surface area (Å²) in [4.78, 5) is 47.1. The first-order valence-corrected chi connectivity index (χ1v) is 15.6. The fraction of sp³-hybridized carbons (Fsp3) is 0.382. The van der Waals surface area contributed by atoms with Crippen LogP contribution in [0, 0.1) is 6.92 Å². The number of carbonyl (C=O) groups excluding carboxylic acids is 2. The molecule has 2 amide bonds. The number of piperidine rings is 1. The number of fused-ring (bicyclic) bond motifs is 2. The fourth-order valence-corrected chi connectivity index (χ4v) is 6.17. The molecule has 1 N–H and O–H groups in total. The molecule has 1 aromatic carbocycles. The Morgan fingerprint density at radius 1 is 1.04 bits per heavy atom. The zero-order chi connectivity index (χ0) is 32.7. The van der Waals surface area contributed by atoms with Crippen LogP contribution < -0.4 is 15.6 Å². The Labute approximate surface area is 267 Å². The first kappa shape index (κ1) is 30.9. The molecule has 1 aliphatic rings. The lowest BCUT2D eigenvalue weighted by Gasteiger charge is -2.39. The maximum absolute atomic E-state index is 13.8. The Morgan fingerprint density at radius 2 is 1.76 bits per heavy atom. The molecule has 1 aliphatic heterocycles. The molecule has 5 aromatic rings. The quantitative estimate of drug-likeness (QED) is 0.277. The van der Waals surface area contributed by atoms with Crippen molar-refractivity contribution < 1.29 is 14.3 Å². The standard InChI is InChI=1S/C34H40N8O4/c1-7-42(33(45)46-34(3,4)5)24-10-14-39(15-11-24)28-9-8-26(30-27(28)21-38(6)37-30)32(44)36-23-18-29(40-16-12-25(43)13-17-40)31-35-22(2)19-41(31)20-23/h8-9,12-13,16-21,24H,7,10-11,14-15H2,1-6H3,(H,36,44). The summed E-state index contributed by atoms with van der Waals surface area (Å²) >= 11 is 0. The maximum atomic E-state index is 13.8. The highest BCUT2D eigenvalue weighted by atomic mass is 16.6. The van der Waals surface area contributed by atoms with Crippen LogP contribution in [0.25, 0.3) is 22.2 Å². The molecule has 0 spiro atoms. The number of anilines is 2. The third-order valence-electron chi connectivity index (χ3n) is 8.21. The fourth-order valence-electron chi connectivity index (χ4n) is 6.17. The summed E-state index contributed by atoms with van der Waals surface area (Å²) in [5.41, 5.74) is 4.28. The highest BCUT2D eigenvalue weighted by Crippen LogP contribution is 2.32. The number of aromatic nitrogens is 5. The topological polar surface area (TPSA) is 119 Å². The van der Waals surface area contributed by atoms with Crippen molar-refractivity contribution in [2.24, 2.45) is 7.05 Å². The minimum Gasteiger partial charge on any atom is -0.444 e. The molecular formula is C34H40N8O4. The van der Waals surface area contributed by atoms with Gasteiger partial charge in [-0.3, -0.25) is 14.3 Å². The lowest BCUT2D eigenvalue weighted by Crippen LogP contribution is -2.48. The van der Waals surface area contributed by atoms with Crippen molar-refractivity contribution in [3.05, 3.63) is 82.8 Å². The maximum Gasteiger partial charge on any atom is 0.410 e. The van der Waals surface area contributed by atoms with Crippen LogP contribution in [0.3, 0.4) is 0 Å². The Bertz CT molecular complexity index is 1970. The average molecular weight is 625 g/mol. The average Bonchev–Trinajstić information content (AvgIpc) is 3.57. The van der Waals surface area contributed by atoms with Gasteiger partial charge < -0.3 is 28.8 Å². The van der Waals surface area contributed by atoms with Crippen LogP contribution in [0.2, 0.25) is 0 Å². The molecule has 240 valence electrons. The van der Waals surface area contributed by atoms with Crippen molar-refractivity contribution in [3.63, 3.8) is 0 Å². The van der Waals surface area contributed by atoms with E-state index in [4.69, 9.17) is 4.74 Å². The molecule has 0 saturated carbocycles. The molecule has 46 heavy (non-hydrogen) atoms. The molecule has 1 saturated heterocycles. The van der Waals surface area contributed by atoms with Gasteiger partial charge in [-0.2, -0.15) is 5.10 Å². The molecule has 0 aliphatic carbocycles. The van der Waals surface area contributed by atoms with Gasteiger partial charge >= 0.3 is 6.09 Å². The lowest BCUT2D eigenvalue weighted by atomic mass is 10.0. The number of carbonyl (C=O) groups is 2. The minimum atomic E-state index is -0.539. The van der Waals surface area contributed by atoms with Gasteiger partial charge in [-0.25, -0.2) is 9.78 Å². The van der Waals surface area contributed by atoms with E-state index in [9.17, 15) is 14.4 Å². The van der Waals surface area contributed by atoms with Gasteiger partial charge in [0.1, 0.15) is 11.1 Å². The molecule has 4 aromatic heterocycles. The van der Waals surface area contributed by atoms with Gasteiger partial charge in [-0.05, 0) is 65.7 Å². The largest absolute Gasteiger partial charge is 0.444 e. The minimum absolute atomic E-state index is 0.0906. The van der Waals surface area contributed by atoms with Gasteiger partial charge in [0.05, 0.1) is 22.6 Å². The second-order valence-electron chi connectivity index (χ2n) is 12.8. The van der Waals surface area contributed by atoms with E-state index in [1.54, 1.807) is 21.6 Å². The van der Waals surface area contributed by atoms with Crippen LogP contribution in [0.4, 0.5) is 16.2 Å². The zero-order valence-corrected chi connectivity index (χ0v) is 27.1. The number of amides is 2. The van der Waals surface area contributed by atoms with E-state index in [0.717, 1.165) is 48.4 Å². The number of pyridine rings is 2. The number of hydrogen-bond donors (Lipinski definition) is 1. The van der Waals surface area contributed by atoms with E-state index < -0.39 is 5.60 Å². The third kappa shape index (κ3) is 6.19. The van der Waals surface area contributed by atoms with Crippen LogP contribution >= 0.6 is 0 Å². The van der Waals surface area contributed by atoms with Crippen molar-refractivity contribution in [2.45, 2.75) is 59.1 Å². The molecule has 12 nitrogen and oxygen atoms in total. The van der Waals surface area contributed by atoms with E-state index in [0.29, 0.717) is 29.0 Å². The predicted molar refractivity (Wildman–Crippen MR) is 178 cm³/mol. The Morgan fingerprint density at radius 3 is 2.43 bits per heavy atom. The summed E-state index contributed by atoms with van der Waals surface area (Å²) in [6, 6.07) is 8.73. The van der Waals surface area contributed by atoms with Crippen LogP contribution in [0.1, 0.15) is 56.6 Å². The second-order valence-corrected chi connectivity index (χ2v) is 12.8. The molecule has 0 atom stereocenters. The summed E-state index contributed by atoms with van der Waals surface area (Å²) < 4.78 is 11.1. The van der Waals surface area contributed by atoms with Gasteiger partial charge in [0.25, 0.3) is 5.91 Å². The highest BCUT2D eigenvalue weighted by molar-refractivity contribution is 6.14. The van der Waals surface area contributed by atoms with Crippen LogP contribution in [-0.4, -0.2) is 71.9 Å². The summed E-state index contributed by atoms with van der Waals surface area (Å²) in [6.45, 7) is 11.7. The Kier molecular flexibility index (Phi) is 8.05. The molecule has 1 fully saturated rings. The zero-order valence-electron chi connectivity index (χ0n) is 27.1. The van der Waals surface area contributed by atoms with E-state index in [2.05, 4.69) is 20.3 Å². The van der Waals surface area contributed by atoms with E-state index >= 15 is 0 Å². The first-order valence-electron chi connectivity index (χ1n) is 15.6. The summed E-state index contributed by atoms with van der Waals surface area (Å²) in [5, 5.41) is 8.63. The van der Waals surface area contributed by atoms with Gasteiger partial charge in [0.2, 0.25) is 0 Å². The number of nitrogens with one attached hydrogen (secondary N) is 1. The molecule has 6 rings (SSSR count). The van der Waals surface area contributed by atoms with E-state index in [1.807, 2.05) is 87.8 Å². The summed E-state index contributed by atoms with van der Waals surface area (Å²) in [7, 11) is 1.85. The number of hydrogen-bond acceptors (Lipinski definition) is 7. The second kappa shape index (κ2) is 12.0. The third-order valence-corrected chi connectivity index (χ3v) is 8.21. The molecule has 0 bridgehead atoms. The van der Waals surface area contributed by atoms with Crippen molar-refractivity contribution in [3.8, 4) is 5.69 Å². The van der Waals surface area contributed by atoms with E-state index in [-0.39, 0.29) is 23.5 Å². The molecule has 12 heteroatoms. The van der Waals surface area contributed by atoms with Gasteiger partial charge in [-0.15, -0.1) is 0 Å². The smallest absolute Gasteiger partial charge is 0.410 e. The van der Waals surface area contributed by atoms with E-state index in [1.165, 1.54) is 12.1 Å².